The maximum absolute atomic E-state index is 10.3. The van der Waals surface area contributed by atoms with E-state index < -0.39 is 16.6 Å². The molecule has 1 rings (SSSR count). The first-order chi connectivity index (χ1) is 5.04. The highest BCUT2D eigenvalue weighted by atomic mass is 32.2. The lowest BCUT2D eigenvalue weighted by molar-refractivity contribution is -0.0364. The van der Waals surface area contributed by atoms with Crippen LogP contribution in [-0.2, 0) is 15.7 Å². The first kappa shape index (κ1) is 8.51. The summed E-state index contributed by atoms with van der Waals surface area (Å²) in [5, 5.41) is 0. The van der Waals surface area contributed by atoms with Gasteiger partial charge < -0.3 is 0 Å². The minimum Gasteiger partial charge on any atom is -0.272 e. The SMILES string of the molecule is CC1=CNOC1(C)N[SH](=O)=O. The van der Waals surface area contributed by atoms with Crippen molar-refractivity contribution in [1.29, 1.82) is 0 Å². The van der Waals surface area contributed by atoms with Gasteiger partial charge in [0.1, 0.15) is 0 Å². The van der Waals surface area contributed by atoms with Crippen molar-refractivity contribution < 1.29 is 13.3 Å². The first-order valence-corrected chi connectivity index (χ1v) is 4.25. The van der Waals surface area contributed by atoms with Gasteiger partial charge in [-0.05, 0) is 19.4 Å². The van der Waals surface area contributed by atoms with Gasteiger partial charge in [-0.3, -0.25) is 5.48 Å². The molecule has 2 N–H and O–H groups in total. The Morgan fingerprint density at radius 1 is 1.73 bits per heavy atom. The van der Waals surface area contributed by atoms with Crippen molar-refractivity contribution in [1.82, 2.24) is 10.2 Å². The van der Waals surface area contributed by atoms with Crippen molar-refractivity contribution >= 4 is 10.9 Å². The van der Waals surface area contributed by atoms with Crippen LogP contribution in [0, 0.1) is 0 Å². The molecule has 0 bridgehead atoms. The molecule has 1 aliphatic rings. The van der Waals surface area contributed by atoms with Crippen LogP contribution in [0.5, 0.6) is 0 Å². The zero-order valence-electron chi connectivity index (χ0n) is 6.25. The Kier molecular flexibility index (Phi) is 2.17. The van der Waals surface area contributed by atoms with E-state index in [9.17, 15) is 8.42 Å². The molecule has 0 saturated carbocycles. The Morgan fingerprint density at radius 2 is 2.36 bits per heavy atom. The number of rotatable bonds is 2. The summed E-state index contributed by atoms with van der Waals surface area (Å²) in [6, 6.07) is 0. The Labute approximate surface area is 66.5 Å². The molecule has 64 valence electrons. The Hall–Kier alpha value is -0.590. The molecule has 1 atom stereocenters. The molecule has 0 aliphatic carbocycles. The van der Waals surface area contributed by atoms with Gasteiger partial charge in [-0.2, -0.15) is 4.72 Å². The third-order valence-electron chi connectivity index (χ3n) is 1.60. The maximum atomic E-state index is 10.3. The summed E-state index contributed by atoms with van der Waals surface area (Å²) < 4.78 is 22.9. The second-order valence-corrected chi connectivity index (χ2v) is 3.19. The van der Waals surface area contributed by atoms with Crippen LogP contribution in [0.25, 0.3) is 0 Å². The van der Waals surface area contributed by atoms with Crippen LogP contribution in [0.3, 0.4) is 0 Å². The third-order valence-corrected chi connectivity index (χ3v) is 2.20. The molecule has 0 aromatic carbocycles. The second kappa shape index (κ2) is 2.80. The molecule has 1 unspecified atom stereocenters. The quantitative estimate of drug-likeness (QED) is 0.487. The Balaban J connectivity index is 2.75. The van der Waals surface area contributed by atoms with E-state index in [2.05, 4.69) is 10.2 Å². The second-order valence-electron chi connectivity index (χ2n) is 2.45. The van der Waals surface area contributed by atoms with E-state index in [0.29, 0.717) is 0 Å². The summed E-state index contributed by atoms with van der Waals surface area (Å²) in [5.41, 5.74) is 2.34. The topological polar surface area (TPSA) is 67.4 Å². The average molecular weight is 178 g/mol. The van der Waals surface area contributed by atoms with E-state index in [1.54, 1.807) is 20.0 Å². The zero-order valence-corrected chi connectivity index (χ0v) is 7.14. The normalized spacial score (nSPS) is 30.3. The fourth-order valence-electron chi connectivity index (χ4n) is 0.739. The lowest BCUT2D eigenvalue weighted by Gasteiger charge is -2.21. The van der Waals surface area contributed by atoms with Crippen molar-refractivity contribution in [3.8, 4) is 0 Å². The maximum Gasteiger partial charge on any atom is 0.204 e. The van der Waals surface area contributed by atoms with Gasteiger partial charge in [0.25, 0.3) is 0 Å². The van der Waals surface area contributed by atoms with Crippen molar-refractivity contribution in [3.63, 3.8) is 0 Å². The lowest BCUT2D eigenvalue weighted by atomic mass is 10.1. The van der Waals surface area contributed by atoms with Gasteiger partial charge in [-0.15, -0.1) is 0 Å². The molecule has 0 saturated heterocycles. The fraction of sp³-hybridized carbons (Fsp3) is 0.600. The van der Waals surface area contributed by atoms with Gasteiger partial charge in [-0.1, -0.05) is 0 Å². The summed E-state index contributed by atoms with van der Waals surface area (Å²) in [5.74, 6) is 0. The van der Waals surface area contributed by atoms with Gasteiger partial charge in [0, 0.05) is 6.20 Å². The number of hydrogen-bond acceptors (Lipinski definition) is 4. The summed E-state index contributed by atoms with van der Waals surface area (Å²) in [7, 11) is -2.64. The lowest BCUT2D eigenvalue weighted by Crippen LogP contribution is -2.43. The van der Waals surface area contributed by atoms with Crippen molar-refractivity contribution in [3.05, 3.63) is 11.8 Å². The smallest absolute Gasteiger partial charge is 0.204 e. The van der Waals surface area contributed by atoms with Gasteiger partial charge in [0.2, 0.25) is 10.9 Å². The van der Waals surface area contributed by atoms with Crippen LogP contribution < -0.4 is 10.2 Å². The number of hydrogen-bond donors (Lipinski definition) is 3. The molecular weight excluding hydrogens is 168 g/mol. The van der Waals surface area contributed by atoms with Gasteiger partial charge in [0.05, 0.1) is 0 Å². The van der Waals surface area contributed by atoms with E-state index in [0.717, 1.165) is 5.57 Å². The number of nitrogens with one attached hydrogen (secondary N) is 2. The molecule has 0 radical (unpaired) electrons. The molecular formula is C5H10N2O3S. The summed E-state index contributed by atoms with van der Waals surface area (Å²) >= 11 is 0. The number of hydroxylamine groups is 1. The van der Waals surface area contributed by atoms with Gasteiger partial charge in [-0.25, -0.2) is 13.3 Å². The molecule has 0 amide bonds. The van der Waals surface area contributed by atoms with E-state index in [1.165, 1.54) is 0 Å². The third kappa shape index (κ3) is 1.70. The molecule has 11 heavy (non-hydrogen) atoms. The highest BCUT2D eigenvalue weighted by molar-refractivity contribution is 7.70. The van der Waals surface area contributed by atoms with Crippen molar-refractivity contribution in [2.45, 2.75) is 19.6 Å². The fourth-order valence-corrected chi connectivity index (χ4v) is 1.31. The Bertz CT molecular complexity index is 252. The van der Waals surface area contributed by atoms with E-state index in [-0.39, 0.29) is 0 Å². The molecule has 0 spiro atoms. The standard InChI is InChI=1S/C5H10N2O3S/c1-4-3-6-10-5(4,2)7-11(8)9/h3,6,11H,1-2H3,(H,7,8,9). The van der Waals surface area contributed by atoms with E-state index in [1.807, 2.05) is 0 Å². The van der Waals surface area contributed by atoms with Crippen LogP contribution >= 0.6 is 0 Å². The minimum atomic E-state index is -2.64. The summed E-state index contributed by atoms with van der Waals surface area (Å²) in [6.07, 6.45) is 1.60. The molecule has 6 heteroatoms. The number of thiol groups is 1. The first-order valence-electron chi connectivity index (χ1n) is 3.07. The molecule has 5 nitrogen and oxygen atoms in total. The molecule has 0 fully saturated rings. The highest BCUT2D eigenvalue weighted by Gasteiger charge is 2.32. The van der Waals surface area contributed by atoms with E-state index >= 15 is 0 Å². The zero-order chi connectivity index (χ0) is 8.48. The van der Waals surface area contributed by atoms with Crippen LogP contribution in [0.15, 0.2) is 11.8 Å². The van der Waals surface area contributed by atoms with Crippen LogP contribution in [-0.4, -0.2) is 14.1 Å². The predicted octanol–water partition coefficient (Wildman–Crippen LogP) is -0.743. The van der Waals surface area contributed by atoms with Crippen molar-refractivity contribution in [2.24, 2.45) is 0 Å². The van der Waals surface area contributed by atoms with Gasteiger partial charge >= 0.3 is 0 Å². The predicted molar refractivity (Wildman–Crippen MR) is 39.8 cm³/mol. The molecule has 1 heterocycles. The van der Waals surface area contributed by atoms with Crippen LogP contribution in [0.1, 0.15) is 13.8 Å². The minimum absolute atomic E-state index is 0.789. The van der Waals surface area contributed by atoms with Crippen molar-refractivity contribution in [2.75, 3.05) is 0 Å². The highest BCUT2D eigenvalue weighted by Crippen LogP contribution is 2.20. The molecule has 1 aliphatic heterocycles. The largest absolute Gasteiger partial charge is 0.272 e. The summed E-state index contributed by atoms with van der Waals surface area (Å²) in [4.78, 5) is 4.93. The van der Waals surface area contributed by atoms with Crippen LogP contribution in [0.4, 0.5) is 0 Å². The van der Waals surface area contributed by atoms with Crippen LogP contribution in [0.2, 0.25) is 0 Å². The van der Waals surface area contributed by atoms with Gasteiger partial charge in [0.15, 0.2) is 5.72 Å². The van der Waals surface area contributed by atoms with E-state index in [4.69, 9.17) is 4.84 Å². The molecule has 0 aromatic heterocycles. The average Bonchev–Trinajstić information content (AvgIpc) is 2.11. The monoisotopic (exact) mass is 178 g/mol. The summed E-state index contributed by atoms with van der Waals surface area (Å²) in [6.45, 7) is 3.40. The Morgan fingerprint density at radius 3 is 2.73 bits per heavy atom. The molecule has 0 aromatic rings.